The van der Waals surface area contributed by atoms with Gasteiger partial charge in [0, 0.05) is 0 Å². The van der Waals surface area contributed by atoms with E-state index in [-0.39, 0.29) is 0 Å². The zero-order chi connectivity index (χ0) is 21.9. The summed E-state index contributed by atoms with van der Waals surface area (Å²) in [7, 11) is 0. The third-order valence-electron chi connectivity index (χ3n) is 5.24. The Morgan fingerprint density at radius 3 is 1.34 bits per heavy atom. The van der Waals surface area contributed by atoms with Crippen molar-refractivity contribution in [3.05, 3.63) is 108 Å². The molecule has 0 saturated carbocycles. The number of aromatic amines is 2. The Morgan fingerprint density at radius 1 is 0.531 bits per heavy atom. The zero-order valence-corrected chi connectivity index (χ0v) is 16.9. The first-order valence-corrected chi connectivity index (χ1v) is 9.93. The molecule has 3 aromatic carbocycles. The summed E-state index contributed by atoms with van der Waals surface area (Å²) < 4.78 is 0. The molecule has 2 aromatic heterocycles. The first-order valence-electron chi connectivity index (χ1n) is 9.93. The monoisotopic (exact) mass is 412 g/mol. The third kappa shape index (κ3) is 3.23. The standard InChI is InChI=1S/C26H16N6/c1-27-25-21(17-10-5-3-6-11-17)29-31-23(25)19-14-9-15-20(16-19)24-26(28-2)22(30-32-24)18-12-7-4-8-13-18/h3-16H,(H,29,31)(H,30,32). The van der Waals surface area contributed by atoms with Crippen molar-refractivity contribution < 1.29 is 0 Å². The van der Waals surface area contributed by atoms with Crippen LogP contribution in [0.3, 0.4) is 0 Å². The van der Waals surface area contributed by atoms with Gasteiger partial charge in [0.05, 0.1) is 35.9 Å². The van der Waals surface area contributed by atoms with Crippen molar-refractivity contribution in [2.45, 2.75) is 0 Å². The van der Waals surface area contributed by atoms with Crippen LogP contribution in [0.2, 0.25) is 0 Å². The summed E-state index contributed by atoms with van der Waals surface area (Å²) in [5.74, 6) is 0. The second kappa shape index (κ2) is 8.06. The molecule has 150 valence electrons. The molecular weight excluding hydrogens is 396 g/mol. The van der Waals surface area contributed by atoms with Crippen LogP contribution in [0.1, 0.15) is 0 Å². The fourth-order valence-corrected chi connectivity index (χ4v) is 3.72. The van der Waals surface area contributed by atoms with Gasteiger partial charge in [0.25, 0.3) is 0 Å². The van der Waals surface area contributed by atoms with E-state index in [1.807, 2.05) is 84.9 Å². The van der Waals surface area contributed by atoms with E-state index in [1.54, 1.807) is 0 Å². The van der Waals surface area contributed by atoms with Crippen LogP contribution in [0.4, 0.5) is 11.4 Å². The lowest BCUT2D eigenvalue weighted by Gasteiger charge is -2.04. The first-order chi connectivity index (χ1) is 15.8. The van der Waals surface area contributed by atoms with Gasteiger partial charge in [-0.1, -0.05) is 78.9 Å². The molecule has 0 amide bonds. The van der Waals surface area contributed by atoms with Crippen molar-refractivity contribution in [2.24, 2.45) is 0 Å². The second-order valence-corrected chi connectivity index (χ2v) is 7.13. The molecule has 2 heterocycles. The molecular formula is C26H16N6. The Bertz CT molecular complexity index is 1370. The number of nitrogens with one attached hydrogen (secondary N) is 2. The van der Waals surface area contributed by atoms with Crippen LogP contribution in [-0.2, 0) is 0 Å². The Hall–Kier alpha value is -4.94. The topological polar surface area (TPSA) is 66.1 Å². The van der Waals surface area contributed by atoms with Crippen molar-refractivity contribution in [3.63, 3.8) is 0 Å². The van der Waals surface area contributed by atoms with E-state index in [1.165, 1.54) is 0 Å². The maximum Gasteiger partial charge on any atom is 0.239 e. The maximum absolute atomic E-state index is 7.73. The molecule has 6 nitrogen and oxygen atoms in total. The molecule has 0 bridgehead atoms. The Labute approximate surface area is 184 Å². The van der Waals surface area contributed by atoms with Gasteiger partial charge in [-0.05, 0) is 28.3 Å². The molecule has 0 radical (unpaired) electrons. The molecule has 32 heavy (non-hydrogen) atoms. The van der Waals surface area contributed by atoms with Gasteiger partial charge in [-0.25, -0.2) is 9.69 Å². The highest BCUT2D eigenvalue weighted by Gasteiger charge is 2.19. The fourth-order valence-electron chi connectivity index (χ4n) is 3.72. The minimum Gasteiger partial charge on any atom is -0.289 e. The SMILES string of the molecule is [C-]#[N+]c1c(-c2cccc(-c3n[nH]c(-c4ccccc4)c3[N+]#[C-])c2)n[nH]c1-c1ccccc1. The van der Waals surface area contributed by atoms with E-state index >= 15 is 0 Å². The lowest BCUT2D eigenvalue weighted by atomic mass is 10.0. The lowest BCUT2D eigenvalue weighted by Crippen LogP contribution is -1.83. The third-order valence-corrected chi connectivity index (χ3v) is 5.24. The van der Waals surface area contributed by atoms with Gasteiger partial charge in [0.15, 0.2) is 0 Å². The quantitative estimate of drug-likeness (QED) is 0.315. The van der Waals surface area contributed by atoms with E-state index in [0.717, 1.165) is 22.3 Å². The molecule has 0 saturated heterocycles. The summed E-state index contributed by atoms with van der Waals surface area (Å²) in [6.07, 6.45) is 0. The molecule has 2 N–H and O–H groups in total. The minimum absolute atomic E-state index is 0.464. The molecule has 0 unspecified atom stereocenters. The lowest BCUT2D eigenvalue weighted by molar-refractivity contribution is 1.10. The second-order valence-electron chi connectivity index (χ2n) is 7.13. The summed E-state index contributed by atoms with van der Waals surface area (Å²) in [4.78, 5) is 7.50. The van der Waals surface area contributed by atoms with E-state index in [4.69, 9.17) is 13.1 Å². The first kappa shape index (κ1) is 19.0. The Morgan fingerprint density at radius 2 is 0.938 bits per heavy atom. The molecule has 5 aromatic rings. The summed E-state index contributed by atoms with van der Waals surface area (Å²) >= 11 is 0. The molecule has 6 heteroatoms. The van der Waals surface area contributed by atoms with Crippen LogP contribution < -0.4 is 0 Å². The molecule has 0 atom stereocenters. The number of rotatable bonds is 4. The van der Waals surface area contributed by atoms with Crippen LogP contribution in [0.15, 0.2) is 84.9 Å². The number of benzene rings is 3. The van der Waals surface area contributed by atoms with E-state index in [2.05, 4.69) is 30.1 Å². The Balaban J connectivity index is 1.60. The van der Waals surface area contributed by atoms with Gasteiger partial charge in [0.1, 0.15) is 0 Å². The number of nitrogens with zero attached hydrogens (tertiary/aromatic N) is 4. The highest BCUT2D eigenvalue weighted by Crippen LogP contribution is 2.41. The van der Waals surface area contributed by atoms with Crippen molar-refractivity contribution in [3.8, 4) is 45.0 Å². The normalized spacial score (nSPS) is 10.4. The van der Waals surface area contributed by atoms with E-state index < -0.39 is 0 Å². The smallest absolute Gasteiger partial charge is 0.239 e. The summed E-state index contributed by atoms with van der Waals surface area (Å²) in [5.41, 5.74) is 6.83. The summed E-state index contributed by atoms with van der Waals surface area (Å²) in [6, 6.07) is 27.0. The van der Waals surface area contributed by atoms with Gasteiger partial charge in [-0.15, -0.1) is 0 Å². The summed E-state index contributed by atoms with van der Waals surface area (Å²) in [5, 5.41) is 14.9. The van der Waals surface area contributed by atoms with Crippen molar-refractivity contribution >= 4 is 11.4 Å². The highest BCUT2D eigenvalue weighted by molar-refractivity contribution is 5.91. The zero-order valence-electron chi connectivity index (χ0n) is 16.9. The van der Waals surface area contributed by atoms with Crippen molar-refractivity contribution in [1.82, 2.24) is 20.4 Å². The number of aromatic nitrogens is 4. The van der Waals surface area contributed by atoms with Gasteiger partial charge >= 0.3 is 0 Å². The molecule has 5 rings (SSSR count). The van der Waals surface area contributed by atoms with Gasteiger partial charge < -0.3 is 0 Å². The molecule has 0 aliphatic rings. The maximum atomic E-state index is 7.73. The largest absolute Gasteiger partial charge is 0.289 e. The predicted octanol–water partition coefficient (Wildman–Crippen LogP) is 6.90. The van der Waals surface area contributed by atoms with Gasteiger partial charge in [-0.3, -0.25) is 10.2 Å². The number of H-pyrrole nitrogens is 2. The van der Waals surface area contributed by atoms with E-state index in [9.17, 15) is 0 Å². The average molecular weight is 412 g/mol. The fraction of sp³-hybridized carbons (Fsp3) is 0. The Kier molecular flexibility index (Phi) is 4.80. The number of hydrogen-bond acceptors (Lipinski definition) is 2. The molecule has 0 aliphatic heterocycles. The summed E-state index contributed by atoms with van der Waals surface area (Å²) in [6.45, 7) is 15.5. The van der Waals surface area contributed by atoms with Gasteiger partial charge in [-0.2, -0.15) is 10.2 Å². The van der Waals surface area contributed by atoms with Crippen molar-refractivity contribution in [2.75, 3.05) is 0 Å². The molecule has 0 spiro atoms. The van der Waals surface area contributed by atoms with Crippen LogP contribution in [0.25, 0.3) is 54.7 Å². The molecule has 0 aliphatic carbocycles. The average Bonchev–Trinajstić information content (AvgIpc) is 3.49. The van der Waals surface area contributed by atoms with E-state index in [0.29, 0.717) is 34.2 Å². The predicted molar refractivity (Wildman–Crippen MR) is 125 cm³/mol. The van der Waals surface area contributed by atoms with Crippen LogP contribution in [-0.4, -0.2) is 20.4 Å². The van der Waals surface area contributed by atoms with Crippen LogP contribution in [0.5, 0.6) is 0 Å². The van der Waals surface area contributed by atoms with Crippen molar-refractivity contribution in [1.29, 1.82) is 0 Å². The number of hydrogen-bond donors (Lipinski definition) is 2. The van der Waals surface area contributed by atoms with Gasteiger partial charge in [0.2, 0.25) is 11.4 Å². The molecule has 0 fully saturated rings. The van der Waals surface area contributed by atoms with Crippen LogP contribution in [0, 0.1) is 13.1 Å². The highest BCUT2D eigenvalue weighted by atomic mass is 15.1. The van der Waals surface area contributed by atoms with Crippen LogP contribution >= 0.6 is 0 Å². The minimum atomic E-state index is 0.464.